The summed E-state index contributed by atoms with van der Waals surface area (Å²) in [5.74, 6) is 1.29. The Morgan fingerprint density at radius 1 is 1.35 bits per heavy atom. The average molecular weight is 274 g/mol. The van der Waals surface area contributed by atoms with Crippen LogP contribution in [0.15, 0.2) is 18.2 Å². The minimum atomic E-state index is 0.273. The van der Waals surface area contributed by atoms with Gasteiger partial charge in [-0.25, -0.2) is 0 Å². The maximum Gasteiger partial charge on any atom is 0.222 e. The average Bonchev–Trinajstić information content (AvgIpc) is 2.43. The number of phenols is 1. The van der Waals surface area contributed by atoms with Gasteiger partial charge in [0.2, 0.25) is 5.91 Å². The number of fused-ring (bicyclic) bond motifs is 1. The molecule has 2 aliphatic heterocycles. The van der Waals surface area contributed by atoms with Crippen molar-refractivity contribution >= 4 is 5.91 Å². The molecule has 1 saturated heterocycles. The number of benzene rings is 1. The van der Waals surface area contributed by atoms with Crippen molar-refractivity contribution in [3.05, 3.63) is 29.3 Å². The number of amides is 1. The molecule has 1 amide bonds. The largest absolute Gasteiger partial charge is 0.508 e. The molecule has 0 saturated carbocycles. The molecule has 4 nitrogen and oxygen atoms in total. The molecule has 2 aliphatic rings. The topological polar surface area (TPSA) is 43.8 Å². The molecule has 1 atom stereocenters. The molecule has 0 radical (unpaired) electrons. The second-order valence-corrected chi connectivity index (χ2v) is 6.08. The summed E-state index contributed by atoms with van der Waals surface area (Å²) in [5.41, 5.74) is 2.36. The molecule has 0 bridgehead atoms. The molecule has 1 unspecified atom stereocenters. The third kappa shape index (κ3) is 2.66. The highest BCUT2D eigenvalue weighted by molar-refractivity contribution is 5.76. The molecule has 3 rings (SSSR count). The van der Waals surface area contributed by atoms with Gasteiger partial charge >= 0.3 is 0 Å². The van der Waals surface area contributed by atoms with E-state index in [9.17, 15) is 9.90 Å². The lowest BCUT2D eigenvalue weighted by Gasteiger charge is -2.35. The summed E-state index contributed by atoms with van der Waals surface area (Å²) in [5, 5.41) is 9.87. The Morgan fingerprint density at radius 3 is 3.00 bits per heavy atom. The molecule has 1 aromatic carbocycles. The summed E-state index contributed by atoms with van der Waals surface area (Å²) in [6.45, 7) is 3.84. The summed E-state index contributed by atoms with van der Waals surface area (Å²) in [6, 6.07) is 5.80. The van der Waals surface area contributed by atoms with E-state index in [-0.39, 0.29) is 5.91 Å². The van der Waals surface area contributed by atoms with Crippen LogP contribution < -0.4 is 0 Å². The highest BCUT2D eigenvalue weighted by Crippen LogP contribution is 2.28. The van der Waals surface area contributed by atoms with Crippen LogP contribution in [0.25, 0.3) is 0 Å². The van der Waals surface area contributed by atoms with Crippen LogP contribution in [0.1, 0.15) is 24.0 Å². The van der Waals surface area contributed by atoms with Crippen molar-refractivity contribution in [1.29, 1.82) is 0 Å². The van der Waals surface area contributed by atoms with Gasteiger partial charge in [0.1, 0.15) is 5.75 Å². The third-order valence-corrected chi connectivity index (χ3v) is 4.56. The quantitative estimate of drug-likeness (QED) is 0.891. The first-order valence-electron chi connectivity index (χ1n) is 7.39. The molecule has 0 spiro atoms. The highest BCUT2D eigenvalue weighted by atomic mass is 16.3. The molecular formula is C16H22N2O2. The van der Waals surface area contributed by atoms with Gasteiger partial charge in [0.05, 0.1) is 0 Å². The molecule has 2 heterocycles. The van der Waals surface area contributed by atoms with Crippen LogP contribution in [0.4, 0.5) is 0 Å². The number of nitrogens with zero attached hydrogens (tertiary/aromatic N) is 2. The summed E-state index contributed by atoms with van der Waals surface area (Å²) in [6.07, 6.45) is 2.61. The van der Waals surface area contributed by atoms with Gasteiger partial charge in [-0.3, -0.25) is 9.69 Å². The van der Waals surface area contributed by atoms with Gasteiger partial charge in [-0.1, -0.05) is 12.1 Å². The second kappa shape index (κ2) is 5.44. The zero-order valence-corrected chi connectivity index (χ0v) is 12.0. The maximum absolute atomic E-state index is 11.5. The van der Waals surface area contributed by atoms with Crippen molar-refractivity contribution in [1.82, 2.24) is 9.80 Å². The van der Waals surface area contributed by atoms with Crippen molar-refractivity contribution in [3.63, 3.8) is 0 Å². The van der Waals surface area contributed by atoms with Crippen molar-refractivity contribution in [2.75, 3.05) is 26.7 Å². The summed E-state index contributed by atoms with van der Waals surface area (Å²) in [4.78, 5) is 15.8. The minimum absolute atomic E-state index is 0.273. The summed E-state index contributed by atoms with van der Waals surface area (Å²) in [7, 11) is 1.90. The maximum atomic E-state index is 11.5. The van der Waals surface area contributed by atoms with Crippen molar-refractivity contribution in [3.8, 4) is 5.75 Å². The van der Waals surface area contributed by atoms with Gasteiger partial charge in [0.25, 0.3) is 0 Å². The van der Waals surface area contributed by atoms with Gasteiger partial charge in [-0.2, -0.15) is 0 Å². The molecule has 20 heavy (non-hydrogen) atoms. The van der Waals surface area contributed by atoms with Gasteiger partial charge in [-0.15, -0.1) is 0 Å². The van der Waals surface area contributed by atoms with E-state index in [0.717, 1.165) is 44.6 Å². The van der Waals surface area contributed by atoms with E-state index in [0.29, 0.717) is 18.1 Å². The Bertz CT molecular complexity index is 515. The van der Waals surface area contributed by atoms with E-state index in [2.05, 4.69) is 11.0 Å². The molecular weight excluding hydrogens is 252 g/mol. The first kappa shape index (κ1) is 13.4. The Kier molecular flexibility index (Phi) is 3.66. The predicted octanol–water partition coefficient (Wildman–Crippen LogP) is 1.62. The first-order valence-corrected chi connectivity index (χ1v) is 7.39. The number of phenolic OH excluding ortho intramolecular Hbond substituents is 1. The van der Waals surface area contributed by atoms with Crippen LogP contribution in [0.2, 0.25) is 0 Å². The zero-order chi connectivity index (χ0) is 14.1. The SMILES string of the molecule is CN1CC(CN2CCc3c(O)cccc3C2)CCC1=O. The monoisotopic (exact) mass is 274 g/mol. The van der Waals surface area contributed by atoms with Crippen LogP contribution in [0.5, 0.6) is 5.75 Å². The molecule has 1 fully saturated rings. The Balaban J connectivity index is 1.62. The lowest BCUT2D eigenvalue weighted by Crippen LogP contribution is -2.43. The first-order chi connectivity index (χ1) is 9.63. The third-order valence-electron chi connectivity index (χ3n) is 4.56. The molecule has 4 heteroatoms. The highest BCUT2D eigenvalue weighted by Gasteiger charge is 2.26. The van der Waals surface area contributed by atoms with Crippen LogP contribution in [-0.4, -0.2) is 47.5 Å². The fourth-order valence-corrected chi connectivity index (χ4v) is 3.42. The molecule has 1 N–H and O–H groups in total. The Labute approximate surface area is 120 Å². The Hall–Kier alpha value is -1.55. The van der Waals surface area contributed by atoms with Gasteiger partial charge in [0.15, 0.2) is 0 Å². The van der Waals surface area contributed by atoms with Crippen molar-refractivity contribution in [2.45, 2.75) is 25.8 Å². The molecule has 0 aromatic heterocycles. The standard InChI is InChI=1S/C16H22N2O2/c1-17-9-12(5-6-16(17)20)10-18-8-7-14-13(11-18)3-2-4-15(14)19/h2-4,12,19H,5-11H2,1H3. The lowest BCUT2D eigenvalue weighted by molar-refractivity contribution is -0.133. The zero-order valence-electron chi connectivity index (χ0n) is 12.0. The van der Waals surface area contributed by atoms with Crippen LogP contribution in [0, 0.1) is 5.92 Å². The van der Waals surface area contributed by atoms with Crippen molar-refractivity contribution in [2.24, 2.45) is 5.92 Å². The number of rotatable bonds is 2. The lowest BCUT2D eigenvalue weighted by atomic mass is 9.94. The van der Waals surface area contributed by atoms with Crippen LogP contribution >= 0.6 is 0 Å². The summed E-state index contributed by atoms with van der Waals surface area (Å²) >= 11 is 0. The van der Waals surface area contributed by atoms with E-state index >= 15 is 0 Å². The van der Waals surface area contributed by atoms with Gasteiger partial charge in [-0.05, 0) is 36.0 Å². The number of aromatic hydroxyl groups is 1. The molecule has 108 valence electrons. The number of hydrogen-bond acceptors (Lipinski definition) is 3. The van der Waals surface area contributed by atoms with Gasteiger partial charge < -0.3 is 10.0 Å². The summed E-state index contributed by atoms with van der Waals surface area (Å²) < 4.78 is 0. The number of likely N-dealkylation sites (tertiary alicyclic amines) is 1. The van der Waals surface area contributed by atoms with E-state index < -0.39 is 0 Å². The van der Waals surface area contributed by atoms with E-state index in [4.69, 9.17) is 0 Å². The van der Waals surface area contributed by atoms with E-state index in [1.807, 2.05) is 18.0 Å². The second-order valence-electron chi connectivity index (χ2n) is 6.08. The van der Waals surface area contributed by atoms with Crippen LogP contribution in [-0.2, 0) is 17.8 Å². The Morgan fingerprint density at radius 2 is 2.20 bits per heavy atom. The number of piperidine rings is 1. The number of hydrogen-bond donors (Lipinski definition) is 1. The minimum Gasteiger partial charge on any atom is -0.508 e. The van der Waals surface area contributed by atoms with E-state index in [1.54, 1.807) is 6.07 Å². The van der Waals surface area contributed by atoms with Crippen LogP contribution in [0.3, 0.4) is 0 Å². The fraction of sp³-hybridized carbons (Fsp3) is 0.562. The predicted molar refractivity (Wildman–Crippen MR) is 77.4 cm³/mol. The molecule has 0 aliphatic carbocycles. The van der Waals surface area contributed by atoms with Gasteiger partial charge in [0, 0.05) is 39.6 Å². The number of carbonyl (C=O) groups is 1. The number of carbonyl (C=O) groups excluding carboxylic acids is 1. The smallest absolute Gasteiger partial charge is 0.222 e. The molecule has 1 aromatic rings. The van der Waals surface area contributed by atoms with Crippen molar-refractivity contribution < 1.29 is 9.90 Å². The van der Waals surface area contributed by atoms with E-state index in [1.165, 1.54) is 5.56 Å². The fourth-order valence-electron chi connectivity index (χ4n) is 3.42. The normalized spacial score (nSPS) is 23.8.